The number of anilines is 1. The summed E-state index contributed by atoms with van der Waals surface area (Å²) >= 11 is 0. The van der Waals surface area contributed by atoms with Crippen LogP contribution in [0.5, 0.6) is 11.5 Å². The predicted octanol–water partition coefficient (Wildman–Crippen LogP) is 4.28. The van der Waals surface area contributed by atoms with Gasteiger partial charge in [-0.25, -0.2) is 0 Å². The highest BCUT2D eigenvalue weighted by Gasteiger charge is 2.20. The van der Waals surface area contributed by atoms with Gasteiger partial charge in [0, 0.05) is 12.7 Å². The molecule has 0 saturated heterocycles. The molecule has 25 heavy (non-hydrogen) atoms. The molecule has 0 aromatic heterocycles. The number of fused-ring (bicyclic) bond motifs is 1. The van der Waals surface area contributed by atoms with Gasteiger partial charge in [-0.15, -0.1) is 0 Å². The van der Waals surface area contributed by atoms with Crippen molar-refractivity contribution in [3.05, 3.63) is 66.7 Å². The minimum Gasteiger partial charge on any atom is -0.497 e. The van der Waals surface area contributed by atoms with Crippen LogP contribution in [-0.2, 0) is 4.79 Å². The maximum absolute atomic E-state index is 12.6. The maximum atomic E-state index is 12.6. The SMILES string of the molecule is COc1ccc2ccc(O[C@H](C)C(=O)N(C)c3ccccc3)cc2c1. The highest BCUT2D eigenvalue weighted by molar-refractivity contribution is 5.96. The van der Waals surface area contributed by atoms with Gasteiger partial charge in [0.2, 0.25) is 0 Å². The average Bonchev–Trinajstić information content (AvgIpc) is 2.66. The zero-order valence-corrected chi connectivity index (χ0v) is 14.6. The highest BCUT2D eigenvalue weighted by atomic mass is 16.5. The molecule has 0 bridgehead atoms. The van der Waals surface area contributed by atoms with Crippen molar-refractivity contribution in [1.29, 1.82) is 0 Å². The van der Waals surface area contributed by atoms with Crippen molar-refractivity contribution in [2.24, 2.45) is 0 Å². The highest BCUT2D eigenvalue weighted by Crippen LogP contribution is 2.26. The van der Waals surface area contributed by atoms with E-state index in [1.807, 2.05) is 66.7 Å². The van der Waals surface area contributed by atoms with E-state index in [0.29, 0.717) is 5.75 Å². The van der Waals surface area contributed by atoms with E-state index in [-0.39, 0.29) is 5.91 Å². The van der Waals surface area contributed by atoms with Gasteiger partial charge in [0.25, 0.3) is 5.91 Å². The molecule has 4 heteroatoms. The predicted molar refractivity (Wildman–Crippen MR) is 100 cm³/mol. The molecule has 0 saturated carbocycles. The molecule has 1 amide bonds. The fraction of sp³-hybridized carbons (Fsp3) is 0.190. The average molecular weight is 335 g/mol. The van der Waals surface area contributed by atoms with Gasteiger partial charge in [0.05, 0.1) is 7.11 Å². The van der Waals surface area contributed by atoms with Crippen molar-refractivity contribution in [2.45, 2.75) is 13.0 Å². The lowest BCUT2D eigenvalue weighted by Gasteiger charge is -2.22. The smallest absolute Gasteiger partial charge is 0.267 e. The Labute approximate surface area is 147 Å². The topological polar surface area (TPSA) is 38.8 Å². The molecule has 3 aromatic carbocycles. The Bertz CT molecular complexity index is 877. The van der Waals surface area contributed by atoms with E-state index in [4.69, 9.17) is 9.47 Å². The van der Waals surface area contributed by atoms with Gasteiger partial charge < -0.3 is 14.4 Å². The quantitative estimate of drug-likeness (QED) is 0.698. The molecular formula is C21H21NO3. The number of para-hydroxylation sites is 1. The lowest BCUT2D eigenvalue weighted by atomic mass is 10.1. The lowest BCUT2D eigenvalue weighted by Crippen LogP contribution is -2.37. The fourth-order valence-electron chi connectivity index (χ4n) is 2.71. The summed E-state index contributed by atoms with van der Waals surface area (Å²) in [6, 6.07) is 21.2. The van der Waals surface area contributed by atoms with Crippen LogP contribution < -0.4 is 14.4 Å². The van der Waals surface area contributed by atoms with Crippen LogP contribution in [0.2, 0.25) is 0 Å². The van der Waals surface area contributed by atoms with Crippen molar-refractivity contribution < 1.29 is 14.3 Å². The zero-order valence-electron chi connectivity index (χ0n) is 14.6. The number of carbonyl (C=O) groups excluding carboxylic acids is 1. The molecule has 3 rings (SSSR count). The Balaban J connectivity index is 1.76. The maximum Gasteiger partial charge on any atom is 0.267 e. The van der Waals surface area contributed by atoms with Gasteiger partial charge >= 0.3 is 0 Å². The third kappa shape index (κ3) is 3.74. The molecule has 0 aliphatic rings. The standard InChI is InChI=1S/C21H21NO3/c1-15(21(23)22(2)18-7-5-4-6-8-18)25-20-12-10-16-9-11-19(24-3)13-17(16)14-20/h4-15H,1-3H3/t15-/m1/s1. The normalized spacial score (nSPS) is 11.8. The van der Waals surface area contributed by atoms with Crippen LogP contribution in [0.1, 0.15) is 6.92 Å². The van der Waals surface area contributed by atoms with Gasteiger partial charge in [0.15, 0.2) is 6.10 Å². The number of nitrogens with zero attached hydrogens (tertiary/aromatic N) is 1. The second-order valence-electron chi connectivity index (χ2n) is 5.87. The van der Waals surface area contributed by atoms with Gasteiger partial charge in [-0.1, -0.05) is 30.3 Å². The molecular weight excluding hydrogens is 314 g/mol. The van der Waals surface area contributed by atoms with Crippen molar-refractivity contribution >= 4 is 22.4 Å². The summed E-state index contributed by atoms with van der Waals surface area (Å²) in [4.78, 5) is 14.2. The Kier molecular flexibility index (Phi) is 4.89. The molecule has 4 nitrogen and oxygen atoms in total. The number of amides is 1. The second kappa shape index (κ2) is 7.26. The fourth-order valence-corrected chi connectivity index (χ4v) is 2.71. The molecule has 0 aliphatic carbocycles. The summed E-state index contributed by atoms with van der Waals surface area (Å²) in [5.41, 5.74) is 0.839. The third-order valence-electron chi connectivity index (χ3n) is 4.15. The largest absolute Gasteiger partial charge is 0.497 e. The van der Waals surface area contributed by atoms with Crippen LogP contribution >= 0.6 is 0 Å². The Morgan fingerprint density at radius 3 is 2.24 bits per heavy atom. The first-order chi connectivity index (χ1) is 12.1. The van der Waals surface area contributed by atoms with Crippen molar-refractivity contribution in [3.63, 3.8) is 0 Å². The summed E-state index contributed by atoms with van der Waals surface area (Å²) in [6.07, 6.45) is -0.590. The first-order valence-electron chi connectivity index (χ1n) is 8.15. The van der Waals surface area contributed by atoms with Crippen LogP contribution in [0.3, 0.4) is 0 Å². The number of methoxy groups -OCH3 is 1. The van der Waals surface area contributed by atoms with E-state index < -0.39 is 6.10 Å². The molecule has 1 atom stereocenters. The number of hydrogen-bond donors (Lipinski definition) is 0. The molecule has 0 aliphatic heterocycles. The van der Waals surface area contributed by atoms with E-state index in [9.17, 15) is 4.79 Å². The number of likely N-dealkylation sites (N-methyl/N-ethyl adjacent to an activating group) is 1. The first-order valence-corrected chi connectivity index (χ1v) is 8.15. The molecule has 0 spiro atoms. The number of carbonyl (C=O) groups is 1. The Hall–Kier alpha value is -3.01. The zero-order chi connectivity index (χ0) is 17.8. The van der Waals surface area contributed by atoms with Gasteiger partial charge in [-0.2, -0.15) is 0 Å². The number of hydrogen-bond acceptors (Lipinski definition) is 3. The monoisotopic (exact) mass is 335 g/mol. The van der Waals surface area contributed by atoms with E-state index in [1.54, 1.807) is 26.0 Å². The van der Waals surface area contributed by atoms with Gasteiger partial charge in [-0.3, -0.25) is 4.79 Å². The molecule has 0 radical (unpaired) electrons. The third-order valence-corrected chi connectivity index (χ3v) is 4.15. The Morgan fingerprint density at radius 1 is 0.920 bits per heavy atom. The number of ether oxygens (including phenoxy) is 2. The molecule has 0 fully saturated rings. The minimum absolute atomic E-state index is 0.100. The molecule has 0 N–H and O–H groups in total. The van der Waals surface area contributed by atoms with E-state index in [0.717, 1.165) is 22.2 Å². The molecule has 0 unspecified atom stereocenters. The molecule has 0 heterocycles. The molecule has 3 aromatic rings. The summed E-state index contributed by atoms with van der Waals surface area (Å²) in [7, 11) is 3.39. The van der Waals surface area contributed by atoms with Crippen LogP contribution in [0, 0.1) is 0 Å². The molecule has 128 valence electrons. The van der Waals surface area contributed by atoms with Gasteiger partial charge in [0.1, 0.15) is 11.5 Å². The second-order valence-corrected chi connectivity index (χ2v) is 5.87. The van der Waals surface area contributed by atoms with Crippen LogP contribution in [0.25, 0.3) is 10.8 Å². The summed E-state index contributed by atoms with van der Waals surface area (Å²) < 4.78 is 11.1. The van der Waals surface area contributed by atoms with Gasteiger partial charge in [-0.05, 0) is 54.1 Å². The summed E-state index contributed by atoms with van der Waals surface area (Å²) in [5.74, 6) is 1.34. The van der Waals surface area contributed by atoms with Crippen LogP contribution in [0.4, 0.5) is 5.69 Å². The van der Waals surface area contributed by atoms with E-state index in [1.165, 1.54) is 0 Å². The van der Waals surface area contributed by atoms with Crippen LogP contribution in [-0.4, -0.2) is 26.2 Å². The van der Waals surface area contributed by atoms with Crippen molar-refractivity contribution in [2.75, 3.05) is 19.1 Å². The minimum atomic E-state index is -0.590. The summed E-state index contributed by atoms with van der Waals surface area (Å²) in [5, 5.41) is 2.10. The number of rotatable bonds is 5. The lowest BCUT2D eigenvalue weighted by molar-refractivity contribution is -0.124. The van der Waals surface area contributed by atoms with E-state index >= 15 is 0 Å². The first kappa shape index (κ1) is 16.8. The summed E-state index contributed by atoms with van der Waals surface area (Å²) in [6.45, 7) is 1.76. The van der Waals surface area contributed by atoms with E-state index in [2.05, 4.69) is 0 Å². The van der Waals surface area contributed by atoms with Crippen LogP contribution in [0.15, 0.2) is 66.7 Å². The number of benzene rings is 3. The Morgan fingerprint density at radius 2 is 1.56 bits per heavy atom. The van der Waals surface area contributed by atoms with Crippen molar-refractivity contribution in [1.82, 2.24) is 0 Å². The van der Waals surface area contributed by atoms with Crippen molar-refractivity contribution in [3.8, 4) is 11.5 Å².